The third-order valence-electron chi connectivity index (χ3n) is 0.278. The first-order valence-corrected chi connectivity index (χ1v) is 13.2. The van der Waals surface area contributed by atoms with Crippen LogP contribution in [0.1, 0.15) is 0 Å². The van der Waals surface area contributed by atoms with Crippen molar-refractivity contribution in [3.05, 3.63) is 20.2 Å². The number of hydrogen-bond acceptors (Lipinski definition) is 4. The van der Waals surface area contributed by atoms with E-state index in [9.17, 15) is 20.2 Å². The van der Waals surface area contributed by atoms with Gasteiger partial charge in [0.15, 0.2) is 0 Å². The summed E-state index contributed by atoms with van der Waals surface area (Å²) in [5, 5.41) is 19.6. The molecule has 0 bridgehead atoms. The summed E-state index contributed by atoms with van der Waals surface area (Å²) >= 11 is 0.623. The van der Waals surface area contributed by atoms with Crippen LogP contribution in [0.2, 0.25) is 0 Å². The molecular weight excluding hydrogens is 447 g/mol. The standard InChI is InChI=1S/2BrH.2NO2.Pt/c;;2*2-1-3;/h2*1H;;;/q;;;;+2/p-2. The second kappa shape index (κ2) is 3.02. The topological polar surface area (TPSA) is 86.3 Å². The van der Waals surface area contributed by atoms with Gasteiger partial charge in [-0.25, -0.2) is 0 Å². The summed E-state index contributed by atoms with van der Waals surface area (Å²) in [4.78, 5) is 19.6. The van der Waals surface area contributed by atoms with Gasteiger partial charge in [0, 0.05) is 0 Å². The molecule has 0 fully saturated rings. The quantitative estimate of drug-likeness (QED) is 0.470. The Hall–Kier alpha value is 0.448. The molecule has 0 amide bonds. The Morgan fingerprint density at radius 2 is 1.33 bits per heavy atom. The molecule has 9 heteroatoms. The van der Waals surface area contributed by atoms with E-state index in [0.29, 0.717) is 0 Å². The predicted octanol–water partition coefficient (Wildman–Crippen LogP) is 1.14. The molecule has 0 heterocycles. The molecule has 0 aliphatic carbocycles. The van der Waals surface area contributed by atoms with Crippen LogP contribution < -0.4 is 0 Å². The number of hydrogen-bond donors (Lipinski definition) is 0. The summed E-state index contributed by atoms with van der Waals surface area (Å²) in [6.07, 6.45) is 0. The molecule has 6 nitrogen and oxygen atoms in total. The Morgan fingerprint density at radius 3 is 1.33 bits per heavy atom. The Bertz CT molecular complexity index is 139. The molecule has 0 saturated heterocycles. The van der Waals surface area contributed by atoms with Crippen LogP contribution in [0.25, 0.3) is 0 Å². The van der Waals surface area contributed by atoms with Crippen molar-refractivity contribution in [1.82, 2.24) is 0 Å². The van der Waals surface area contributed by atoms with Gasteiger partial charge in [-0.3, -0.25) is 0 Å². The molecule has 9 heavy (non-hydrogen) atoms. The van der Waals surface area contributed by atoms with Gasteiger partial charge >= 0.3 is 66.2 Å². The van der Waals surface area contributed by atoms with E-state index in [0.717, 1.165) is 0 Å². The minimum atomic E-state index is -4.20. The molecule has 0 aromatic rings. The second-order valence-electron chi connectivity index (χ2n) is 0.702. The van der Waals surface area contributed by atoms with E-state index < -0.39 is 19.4 Å². The van der Waals surface area contributed by atoms with Crippen LogP contribution in [-0.4, -0.2) is 6.96 Å². The SMILES string of the molecule is O=[N+]([O-])[Pt]([Br])([Br])[N+](=O)[O-]. The average Bonchev–Trinajstić information content (AvgIpc) is 1.65. The van der Waals surface area contributed by atoms with Crippen LogP contribution >= 0.6 is 26.6 Å². The molecule has 58 valence electrons. The summed E-state index contributed by atoms with van der Waals surface area (Å²) in [6, 6.07) is 0. The molecular formula is Br2N2O4Pt. The first kappa shape index (κ1) is 9.45. The number of nitro groups is 2. The molecule has 0 aliphatic rings. The zero-order valence-corrected chi connectivity index (χ0v) is 9.04. The molecule has 0 aromatic heterocycles. The molecule has 0 saturated carbocycles. The Labute approximate surface area is 66.0 Å². The van der Waals surface area contributed by atoms with Gasteiger partial charge in [0.2, 0.25) is 0 Å². The predicted molar refractivity (Wildman–Crippen MR) is 31.8 cm³/mol. The first-order chi connectivity index (χ1) is 3.89. The van der Waals surface area contributed by atoms with Crippen LogP contribution in [0.4, 0.5) is 0 Å². The van der Waals surface area contributed by atoms with Gasteiger partial charge in [-0.2, -0.15) is 0 Å². The second-order valence-corrected chi connectivity index (χ2v) is 21.6. The van der Waals surface area contributed by atoms with E-state index in [1.54, 1.807) is 0 Å². The number of halogens is 2. The maximum atomic E-state index is 9.81. The summed E-state index contributed by atoms with van der Waals surface area (Å²) in [5.74, 6) is 0. The third-order valence-corrected chi connectivity index (χ3v) is 8.27. The molecule has 0 atom stereocenters. The zero-order valence-electron chi connectivity index (χ0n) is 3.60. The van der Waals surface area contributed by atoms with Gasteiger partial charge < -0.3 is 0 Å². The molecule has 0 unspecified atom stereocenters. The fourth-order valence-electron chi connectivity index (χ4n) is 0.0422. The monoisotopic (exact) mass is 445 g/mol. The summed E-state index contributed by atoms with van der Waals surface area (Å²) in [6.45, 7) is 0. The first-order valence-electron chi connectivity index (χ1n) is 1.25. The van der Waals surface area contributed by atoms with Crippen LogP contribution in [0, 0.1) is 20.2 Å². The Kier molecular flexibility index (Phi) is 3.18. The van der Waals surface area contributed by atoms with E-state index in [1.807, 2.05) is 0 Å². The third kappa shape index (κ3) is 2.27. The Morgan fingerprint density at radius 1 is 1.11 bits per heavy atom. The molecule has 0 radical (unpaired) electrons. The van der Waals surface area contributed by atoms with E-state index in [2.05, 4.69) is 26.6 Å². The van der Waals surface area contributed by atoms with Crippen molar-refractivity contribution in [1.29, 1.82) is 0 Å². The zero-order chi connectivity index (χ0) is 7.65. The normalized spacial score (nSPS) is 12.7. The summed E-state index contributed by atoms with van der Waals surface area (Å²) < 4.78 is -1.85. The fraction of sp³-hybridized carbons (Fsp3) is 0. The van der Waals surface area contributed by atoms with Crippen molar-refractivity contribution >= 4 is 26.6 Å². The van der Waals surface area contributed by atoms with E-state index in [4.69, 9.17) is 0 Å². The van der Waals surface area contributed by atoms with E-state index in [-0.39, 0.29) is 0 Å². The molecule has 0 N–H and O–H groups in total. The summed E-state index contributed by atoms with van der Waals surface area (Å²) in [7, 11) is 0. The van der Waals surface area contributed by atoms with Crippen molar-refractivity contribution in [3.8, 4) is 0 Å². The maximum absolute atomic E-state index is 9.81. The van der Waals surface area contributed by atoms with Gasteiger partial charge in [-0.15, -0.1) is 0 Å². The average molecular weight is 447 g/mol. The molecule has 0 aliphatic heterocycles. The fourth-order valence-corrected chi connectivity index (χ4v) is 0.345. The number of nitrogens with zero attached hydrogens (tertiary/aromatic N) is 2. The van der Waals surface area contributed by atoms with Gasteiger partial charge in [0.25, 0.3) is 0 Å². The van der Waals surface area contributed by atoms with Crippen LogP contribution in [0.15, 0.2) is 0 Å². The van der Waals surface area contributed by atoms with Gasteiger partial charge in [-0.1, -0.05) is 0 Å². The van der Waals surface area contributed by atoms with Crippen molar-refractivity contribution in [2.24, 2.45) is 0 Å². The van der Waals surface area contributed by atoms with Crippen molar-refractivity contribution in [2.45, 2.75) is 0 Å². The van der Waals surface area contributed by atoms with Crippen molar-refractivity contribution in [3.63, 3.8) is 0 Å². The van der Waals surface area contributed by atoms with Crippen LogP contribution in [-0.2, 0) is 12.4 Å². The van der Waals surface area contributed by atoms with E-state index in [1.165, 1.54) is 0 Å². The van der Waals surface area contributed by atoms with E-state index >= 15 is 0 Å². The minimum absolute atomic E-state index is 0.924. The number of rotatable bonds is 2. The summed E-state index contributed by atoms with van der Waals surface area (Å²) in [5.41, 5.74) is 0. The Balaban J connectivity index is 4.38. The van der Waals surface area contributed by atoms with Gasteiger partial charge in [-0.05, 0) is 0 Å². The molecule has 0 aromatic carbocycles. The van der Waals surface area contributed by atoms with Gasteiger partial charge in [0.1, 0.15) is 0 Å². The van der Waals surface area contributed by atoms with Crippen LogP contribution in [0.3, 0.4) is 0 Å². The van der Waals surface area contributed by atoms with Gasteiger partial charge in [0.05, 0.1) is 0 Å². The van der Waals surface area contributed by atoms with Crippen molar-refractivity contribution in [2.75, 3.05) is 0 Å². The van der Waals surface area contributed by atoms with Crippen molar-refractivity contribution < 1.29 is 19.4 Å². The van der Waals surface area contributed by atoms with Crippen LogP contribution in [0.5, 0.6) is 0 Å². The molecule has 0 rings (SSSR count). The molecule has 0 spiro atoms.